The van der Waals surface area contributed by atoms with E-state index >= 15 is 0 Å². The summed E-state index contributed by atoms with van der Waals surface area (Å²) in [4.78, 5) is 17.4. The molecule has 1 N–H and O–H groups in total. The third-order valence-corrected chi connectivity index (χ3v) is 4.64. The first-order chi connectivity index (χ1) is 12.0. The van der Waals surface area contributed by atoms with E-state index in [1.54, 1.807) is 12.3 Å². The number of anilines is 1. The second kappa shape index (κ2) is 7.23. The van der Waals surface area contributed by atoms with E-state index in [0.717, 1.165) is 31.5 Å². The fourth-order valence-electron chi connectivity index (χ4n) is 2.92. The predicted octanol–water partition coefficient (Wildman–Crippen LogP) is 4.84. The Hall–Kier alpha value is -2.40. The molecule has 1 fully saturated rings. The third-order valence-electron chi connectivity index (χ3n) is 4.32. The van der Waals surface area contributed by atoms with Gasteiger partial charge in [-0.3, -0.25) is 4.99 Å². The zero-order valence-electron chi connectivity index (χ0n) is 13.8. The Kier molecular flexibility index (Phi) is 5.04. The summed E-state index contributed by atoms with van der Waals surface area (Å²) < 4.78 is 14.4. The molecule has 0 saturated carbocycles. The first-order valence-corrected chi connectivity index (χ1v) is 8.45. The van der Waals surface area contributed by atoms with Crippen molar-refractivity contribution in [2.45, 2.75) is 19.8 Å². The van der Waals surface area contributed by atoms with E-state index in [9.17, 15) is 9.18 Å². The van der Waals surface area contributed by atoms with Crippen LogP contribution in [0, 0.1) is 12.7 Å². The minimum absolute atomic E-state index is 0.0106. The van der Waals surface area contributed by atoms with Crippen LogP contribution in [0.25, 0.3) is 0 Å². The van der Waals surface area contributed by atoms with Crippen LogP contribution in [-0.4, -0.2) is 30.4 Å². The molecule has 4 nitrogen and oxygen atoms in total. The third kappa shape index (κ3) is 3.82. The van der Waals surface area contributed by atoms with Crippen molar-refractivity contribution in [3.63, 3.8) is 0 Å². The van der Waals surface area contributed by atoms with Crippen LogP contribution in [-0.2, 0) is 0 Å². The summed E-state index contributed by atoms with van der Waals surface area (Å²) in [5.41, 5.74) is 2.65. The zero-order chi connectivity index (χ0) is 18.0. The summed E-state index contributed by atoms with van der Waals surface area (Å²) in [7, 11) is 0. The summed E-state index contributed by atoms with van der Waals surface area (Å²) in [6.07, 6.45) is 3.72. The summed E-state index contributed by atoms with van der Waals surface area (Å²) in [6, 6.07) is 7.82. The van der Waals surface area contributed by atoms with Crippen molar-refractivity contribution in [1.29, 1.82) is 0 Å². The van der Waals surface area contributed by atoms with Gasteiger partial charge in [-0.2, -0.15) is 0 Å². The van der Waals surface area contributed by atoms with E-state index in [1.807, 2.05) is 13.0 Å². The standard InChI is InChI=1S/C19H18ClFN2O2/c1-12-8-18(23-6-2-3-7-23)17(21)9-13(12)11-22-14-4-5-16(20)15(10-14)19(24)25/h4-5,8-11H,2-3,6-7H2,1H3,(H,24,25). The number of halogens is 2. The van der Waals surface area contributed by atoms with E-state index < -0.39 is 5.97 Å². The van der Waals surface area contributed by atoms with Crippen molar-refractivity contribution < 1.29 is 14.3 Å². The van der Waals surface area contributed by atoms with Crippen molar-refractivity contribution in [1.82, 2.24) is 0 Å². The Balaban J connectivity index is 1.87. The number of carboxylic acids is 1. The van der Waals surface area contributed by atoms with Gasteiger partial charge >= 0.3 is 5.97 Å². The molecule has 0 bridgehead atoms. The van der Waals surface area contributed by atoms with Crippen LogP contribution >= 0.6 is 11.6 Å². The number of aromatic carboxylic acids is 1. The molecule has 2 aromatic carbocycles. The highest BCUT2D eigenvalue weighted by molar-refractivity contribution is 6.33. The van der Waals surface area contributed by atoms with Gasteiger partial charge in [-0.05, 0) is 61.2 Å². The average molecular weight is 361 g/mol. The first-order valence-electron chi connectivity index (χ1n) is 8.07. The molecule has 1 aliphatic rings. The molecule has 0 aliphatic carbocycles. The molecular formula is C19H18ClFN2O2. The number of hydrogen-bond acceptors (Lipinski definition) is 3. The lowest BCUT2D eigenvalue weighted by atomic mass is 10.1. The van der Waals surface area contributed by atoms with Crippen LogP contribution in [0.3, 0.4) is 0 Å². The SMILES string of the molecule is Cc1cc(N2CCCC2)c(F)cc1C=Nc1ccc(Cl)c(C(=O)O)c1. The Bertz CT molecular complexity index is 846. The van der Waals surface area contributed by atoms with Gasteiger partial charge in [0.15, 0.2) is 0 Å². The van der Waals surface area contributed by atoms with Gasteiger partial charge in [0.05, 0.1) is 22.0 Å². The van der Waals surface area contributed by atoms with Gasteiger partial charge in [-0.25, -0.2) is 9.18 Å². The Morgan fingerprint density at radius 1 is 1.28 bits per heavy atom. The van der Waals surface area contributed by atoms with E-state index in [1.165, 1.54) is 18.2 Å². The number of benzene rings is 2. The fraction of sp³-hybridized carbons (Fsp3) is 0.263. The Morgan fingerprint density at radius 2 is 2.00 bits per heavy atom. The molecular weight excluding hydrogens is 343 g/mol. The molecule has 130 valence electrons. The quantitative estimate of drug-likeness (QED) is 0.794. The molecule has 1 aliphatic heterocycles. The normalized spacial score (nSPS) is 14.4. The van der Waals surface area contributed by atoms with Crippen LogP contribution in [0.1, 0.15) is 34.3 Å². The molecule has 0 aromatic heterocycles. The second-order valence-electron chi connectivity index (χ2n) is 6.08. The van der Waals surface area contributed by atoms with Crippen molar-refractivity contribution in [3.8, 4) is 0 Å². The molecule has 0 radical (unpaired) electrons. The molecule has 3 rings (SSSR count). The summed E-state index contributed by atoms with van der Waals surface area (Å²) in [5.74, 6) is -1.38. The second-order valence-corrected chi connectivity index (χ2v) is 6.49. The van der Waals surface area contributed by atoms with Gasteiger partial charge in [0.1, 0.15) is 5.82 Å². The van der Waals surface area contributed by atoms with Crippen molar-refractivity contribution in [2.75, 3.05) is 18.0 Å². The Morgan fingerprint density at radius 3 is 2.68 bits per heavy atom. The highest BCUT2D eigenvalue weighted by atomic mass is 35.5. The highest BCUT2D eigenvalue weighted by Gasteiger charge is 2.17. The van der Waals surface area contributed by atoms with E-state index in [4.69, 9.17) is 16.7 Å². The minimum Gasteiger partial charge on any atom is -0.478 e. The lowest BCUT2D eigenvalue weighted by molar-refractivity contribution is 0.0697. The average Bonchev–Trinajstić information content (AvgIpc) is 3.10. The molecule has 0 spiro atoms. The molecule has 25 heavy (non-hydrogen) atoms. The van der Waals surface area contributed by atoms with Crippen LogP contribution in [0.15, 0.2) is 35.3 Å². The van der Waals surface area contributed by atoms with Gasteiger partial charge in [0, 0.05) is 19.3 Å². The Labute approximate surface area is 150 Å². The van der Waals surface area contributed by atoms with Crippen molar-refractivity contribution in [2.24, 2.45) is 4.99 Å². The van der Waals surface area contributed by atoms with Crippen LogP contribution in [0.4, 0.5) is 15.8 Å². The largest absolute Gasteiger partial charge is 0.478 e. The first kappa shape index (κ1) is 17.4. The fourth-order valence-corrected chi connectivity index (χ4v) is 3.12. The van der Waals surface area contributed by atoms with E-state index in [-0.39, 0.29) is 16.4 Å². The van der Waals surface area contributed by atoms with Crippen molar-refractivity contribution >= 4 is 35.2 Å². The molecule has 1 heterocycles. The molecule has 2 aromatic rings. The molecule has 0 amide bonds. The summed E-state index contributed by atoms with van der Waals surface area (Å²) in [6.45, 7) is 3.67. The number of aryl methyl sites for hydroxylation is 1. The van der Waals surface area contributed by atoms with Gasteiger partial charge in [0.2, 0.25) is 0 Å². The zero-order valence-corrected chi connectivity index (χ0v) is 14.6. The number of aliphatic imine (C=N–C) groups is 1. The van der Waals surface area contributed by atoms with E-state index in [2.05, 4.69) is 9.89 Å². The summed E-state index contributed by atoms with van der Waals surface area (Å²) >= 11 is 5.85. The maximum Gasteiger partial charge on any atom is 0.337 e. The lowest BCUT2D eigenvalue weighted by Crippen LogP contribution is -2.19. The van der Waals surface area contributed by atoms with Gasteiger partial charge < -0.3 is 10.0 Å². The number of rotatable bonds is 4. The molecule has 0 unspecified atom stereocenters. The molecule has 1 saturated heterocycles. The lowest BCUT2D eigenvalue weighted by Gasteiger charge is -2.19. The van der Waals surface area contributed by atoms with Crippen LogP contribution < -0.4 is 4.90 Å². The van der Waals surface area contributed by atoms with E-state index in [0.29, 0.717) is 16.9 Å². The van der Waals surface area contributed by atoms with Gasteiger partial charge in [-0.1, -0.05) is 11.6 Å². The smallest absolute Gasteiger partial charge is 0.337 e. The van der Waals surface area contributed by atoms with Crippen molar-refractivity contribution in [3.05, 3.63) is 57.9 Å². The van der Waals surface area contributed by atoms with Gasteiger partial charge in [0.25, 0.3) is 0 Å². The molecule has 6 heteroatoms. The minimum atomic E-state index is -1.11. The monoisotopic (exact) mass is 360 g/mol. The van der Waals surface area contributed by atoms with Crippen LogP contribution in [0.2, 0.25) is 5.02 Å². The number of carbonyl (C=O) groups is 1. The summed E-state index contributed by atoms with van der Waals surface area (Å²) in [5, 5.41) is 9.26. The van der Waals surface area contributed by atoms with Gasteiger partial charge in [-0.15, -0.1) is 0 Å². The number of hydrogen-bond donors (Lipinski definition) is 1. The predicted molar refractivity (Wildman–Crippen MR) is 98.2 cm³/mol. The number of carboxylic acid groups (broad SMARTS) is 1. The number of nitrogens with zero attached hydrogens (tertiary/aromatic N) is 2. The highest BCUT2D eigenvalue weighted by Crippen LogP contribution is 2.27. The topological polar surface area (TPSA) is 52.9 Å². The van der Waals surface area contributed by atoms with Crippen LogP contribution in [0.5, 0.6) is 0 Å². The maximum atomic E-state index is 14.4. The maximum absolute atomic E-state index is 14.4. The molecule has 0 atom stereocenters.